The summed E-state index contributed by atoms with van der Waals surface area (Å²) in [5.41, 5.74) is 0. The molecule has 0 aromatic carbocycles. The van der Waals surface area contributed by atoms with Gasteiger partial charge < -0.3 is 4.74 Å². The van der Waals surface area contributed by atoms with Crippen molar-refractivity contribution in [2.45, 2.75) is 19.1 Å². The van der Waals surface area contributed by atoms with Crippen molar-refractivity contribution in [3.05, 3.63) is 0 Å². The van der Waals surface area contributed by atoms with Gasteiger partial charge in [-0.3, -0.25) is 0 Å². The molecule has 2 unspecified atom stereocenters. The molecule has 2 heteroatoms. The van der Waals surface area contributed by atoms with Crippen LogP contribution in [0.2, 0.25) is 0 Å². The maximum Gasteiger partial charge on any atom is 0.0928 e. The summed E-state index contributed by atoms with van der Waals surface area (Å²) in [6.07, 6.45) is 1.15. The van der Waals surface area contributed by atoms with E-state index in [0.717, 1.165) is 4.43 Å². The summed E-state index contributed by atoms with van der Waals surface area (Å²) in [6, 6.07) is 0. The van der Waals surface area contributed by atoms with E-state index in [1.807, 2.05) is 0 Å². The fourth-order valence-corrected chi connectivity index (χ4v) is 1.32. The number of hydrogen-bond donors (Lipinski definition) is 0. The Hall–Kier alpha value is 0.690. The molecule has 1 heterocycles. The molecule has 1 nitrogen and oxygen atoms in total. The van der Waals surface area contributed by atoms with Crippen molar-refractivity contribution in [3.63, 3.8) is 0 Å². The Balaban J connectivity index is 2.09. The summed E-state index contributed by atoms with van der Waals surface area (Å²) in [5.74, 6) is 0. The van der Waals surface area contributed by atoms with E-state index in [1.54, 1.807) is 0 Å². The van der Waals surface area contributed by atoms with E-state index in [-0.39, 0.29) is 0 Å². The molecule has 1 aliphatic rings. The van der Waals surface area contributed by atoms with Crippen LogP contribution < -0.4 is 0 Å². The van der Waals surface area contributed by atoms with Crippen LogP contribution in [0.15, 0.2) is 0 Å². The molecule has 0 bridgehead atoms. The minimum Gasteiger partial charge on any atom is -0.369 e. The fourth-order valence-electron chi connectivity index (χ4n) is 0.392. The van der Waals surface area contributed by atoms with Gasteiger partial charge in [-0.2, -0.15) is 0 Å². The standard InChI is InChI=1S/C4H7IO/c1-3-4(2-5)6-3/h3-4H,2H2,1H3. The van der Waals surface area contributed by atoms with Gasteiger partial charge in [0.15, 0.2) is 0 Å². The van der Waals surface area contributed by atoms with E-state index in [2.05, 4.69) is 29.5 Å². The Bertz CT molecular complexity index is 53.5. The zero-order chi connectivity index (χ0) is 4.57. The first-order valence-corrected chi connectivity index (χ1v) is 3.58. The van der Waals surface area contributed by atoms with Crippen LogP contribution in [0.4, 0.5) is 0 Å². The monoisotopic (exact) mass is 198 g/mol. The maximum atomic E-state index is 5.06. The molecule has 0 saturated carbocycles. The zero-order valence-electron chi connectivity index (χ0n) is 3.65. The van der Waals surface area contributed by atoms with Crippen LogP contribution in [-0.4, -0.2) is 16.6 Å². The predicted octanol–water partition coefficient (Wildman–Crippen LogP) is 1.21. The van der Waals surface area contributed by atoms with Crippen molar-refractivity contribution in [2.24, 2.45) is 0 Å². The quantitative estimate of drug-likeness (QED) is 0.350. The first-order chi connectivity index (χ1) is 2.84. The molecular weight excluding hydrogens is 191 g/mol. The van der Waals surface area contributed by atoms with Gasteiger partial charge >= 0.3 is 0 Å². The lowest BCUT2D eigenvalue weighted by Gasteiger charge is -1.70. The van der Waals surface area contributed by atoms with Crippen molar-refractivity contribution in [1.29, 1.82) is 0 Å². The molecular formula is C4H7IO. The minimum absolute atomic E-state index is 0.557. The Morgan fingerprint density at radius 2 is 2.33 bits per heavy atom. The highest BCUT2D eigenvalue weighted by Crippen LogP contribution is 2.22. The van der Waals surface area contributed by atoms with Crippen LogP contribution in [0.1, 0.15) is 6.92 Å². The van der Waals surface area contributed by atoms with Crippen molar-refractivity contribution < 1.29 is 4.74 Å². The van der Waals surface area contributed by atoms with Gasteiger partial charge in [0.2, 0.25) is 0 Å². The Morgan fingerprint density at radius 1 is 1.83 bits per heavy atom. The summed E-state index contributed by atoms with van der Waals surface area (Å²) in [7, 11) is 0. The minimum atomic E-state index is 0.557. The largest absolute Gasteiger partial charge is 0.369 e. The van der Waals surface area contributed by atoms with E-state index in [4.69, 9.17) is 4.74 Å². The van der Waals surface area contributed by atoms with Gasteiger partial charge in [-0.1, -0.05) is 22.6 Å². The van der Waals surface area contributed by atoms with Crippen molar-refractivity contribution in [3.8, 4) is 0 Å². The topological polar surface area (TPSA) is 12.5 Å². The van der Waals surface area contributed by atoms with Crippen molar-refractivity contribution in [1.82, 2.24) is 0 Å². The number of epoxide rings is 1. The predicted molar refractivity (Wildman–Crippen MR) is 33.2 cm³/mol. The molecule has 36 valence electrons. The van der Waals surface area contributed by atoms with Crippen LogP contribution in [-0.2, 0) is 4.74 Å². The lowest BCUT2D eigenvalue weighted by atomic mass is 10.4. The van der Waals surface area contributed by atoms with Gasteiger partial charge in [-0.25, -0.2) is 0 Å². The molecule has 6 heavy (non-hydrogen) atoms. The number of hydrogen-bond acceptors (Lipinski definition) is 1. The van der Waals surface area contributed by atoms with E-state index in [9.17, 15) is 0 Å². The Labute approximate surface area is 51.2 Å². The number of ether oxygens (including phenoxy) is 1. The molecule has 1 rings (SSSR count). The molecule has 0 radical (unpaired) electrons. The summed E-state index contributed by atoms with van der Waals surface area (Å²) < 4.78 is 6.21. The van der Waals surface area contributed by atoms with Crippen LogP contribution in [0.25, 0.3) is 0 Å². The highest BCUT2D eigenvalue weighted by atomic mass is 127. The number of alkyl halides is 1. The van der Waals surface area contributed by atoms with E-state index >= 15 is 0 Å². The first kappa shape index (κ1) is 4.84. The normalized spacial score (nSPS) is 43.0. The molecule has 0 aliphatic carbocycles. The van der Waals surface area contributed by atoms with Crippen molar-refractivity contribution in [2.75, 3.05) is 4.43 Å². The van der Waals surface area contributed by atoms with Crippen LogP contribution in [0.3, 0.4) is 0 Å². The van der Waals surface area contributed by atoms with Crippen LogP contribution >= 0.6 is 22.6 Å². The Kier molecular flexibility index (Phi) is 1.34. The van der Waals surface area contributed by atoms with Gasteiger partial charge in [0.05, 0.1) is 12.2 Å². The third kappa shape index (κ3) is 0.846. The van der Waals surface area contributed by atoms with Gasteiger partial charge in [-0.05, 0) is 6.92 Å². The van der Waals surface area contributed by atoms with E-state index in [0.29, 0.717) is 12.2 Å². The number of halogens is 1. The fraction of sp³-hybridized carbons (Fsp3) is 1.00. The van der Waals surface area contributed by atoms with Gasteiger partial charge in [0.1, 0.15) is 0 Å². The SMILES string of the molecule is CC1OC1CI. The molecule has 0 aromatic heterocycles. The first-order valence-electron chi connectivity index (χ1n) is 2.06. The van der Waals surface area contributed by atoms with E-state index < -0.39 is 0 Å². The van der Waals surface area contributed by atoms with Crippen LogP contribution in [0, 0.1) is 0 Å². The lowest BCUT2D eigenvalue weighted by molar-refractivity contribution is 0.392. The van der Waals surface area contributed by atoms with Gasteiger partial charge in [0.25, 0.3) is 0 Å². The molecule has 1 aliphatic heterocycles. The average Bonchev–Trinajstić information content (AvgIpc) is 2.19. The molecule has 1 saturated heterocycles. The molecule has 1 fully saturated rings. The van der Waals surface area contributed by atoms with E-state index in [1.165, 1.54) is 0 Å². The van der Waals surface area contributed by atoms with Gasteiger partial charge in [-0.15, -0.1) is 0 Å². The molecule has 2 atom stereocenters. The van der Waals surface area contributed by atoms with Crippen LogP contribution in [0.5, 0.6) is 0 Å². The second kappa shape index (κ2) is 1.66. The lowest BCUT2D eigenvalue weighted by Crippen LogP contribution is -1.86. The summed E-state index contributed by atoms with van der Waals surface area (Å²) in [4.78, 5) is 0. The second-order valence-corrected chi connectivity index (χ2v) is 2.41. The molecule has 0 N–H and O–H groups in total. The zero-order valence-corrected chi connectivity index (χ0v) is 5.81. The molecule has 0 spiro atoms. The molecule has 0 amide bonds. The smallest absolute Gasteiger partial charge is 0.0928 e. The highest BCUT2D eigenvalue weighted by molar-refractivity contribution is 14.1. The maximum absolute atomic E-state index is 5.06. The highest BCUT2D eigenvalue weighted by Gasteiger charge is 2.32. The third-order valence-electron chi connectivity index (χ3n) is 0.988. The second-order valence-electron chi connectivity index (χ2n) is 1.53. The average molecular weight is 198 g/mol. The molecule has 0 aromatic rings. The number of rotatable bonds is 1. The van der Waals surface area contributed by atoms with Gasteiger partial charge in [0, 0.05) is 4.43 Å². The Morgan fingerprint density at radius 3 is 2.33 bits per heavy atom. The third-order valence-corrected chi connectivity index (χ3v) is 1.86. The van der Waals surface area contributed by atoms with Crippen molar-refractivity contribution >= 4 is 22.6 Å². The summed E-state index contributed by atoms with van der Waals surface area (Å²) in [6.45, 7) is 2.10. The summed E-state index contributed by atoms with van der Waals surface area (Å²) in [5, 5.41) is 0. The summed E-state index contributed by atoms with van der Waals surface area (Å²) >= 11 is 2.33.